The maximum Gasteiger partial charge on any atom is 0.322 e. The van der Waals surface area contributed by atoms with E-state index in [1.54, 1.807) is 0 Å². The average Bonchev–Trinajstić information content (AvgIpc) is 3.20. The molecule has 0 radical (unpaired) electrons. The number of anilines is 1. The zero-order valence-corrected chi connectivity index (χ0v) is 18.7. The molecule has 0 unspecified atom stereocenters. The summed E-state index contributed by atoms with van der Waals surface area (Å²) in [5.41, 5.74) is 8.78. The molecule has 4 aromatic rings. The van der Waals surface area contributed by atoms with Crippen LogP contribution in [0.3, 0.4) is 0 Å². The van der Waals surface area contributed by atoms with Crippen LogP contribution in [0, 0.1) is 20.8 Å². The molecule has 0 saturated heterocycles. The third kappa shape index (κ3) is 3.58. The number of nitrogens with zero attached hydrogens (tertiary/aromatic N) is 2. The molecule has 5 rings (SSSR count). The Kier molecular flexibility index (Phi) is 5.06. The largest absolute Gasteiger partial charge is 0.322 e. The average molecular weight is 422 g/mol. The van der Waals surface area contributed by atoms with Gasteiger partial charge in [-0.15, -0.1) is 0 Å². The lowest BCUT2D eigenvalue weighted by atomic mass is 10.00. The van der Waals surface area contributed by atoms with Crippen LogP contribution < -0.4 is 5.32 Å². The summed E-state index contributed by atoms with van der Waals surface area (Å²) in [6, 6.07) is 26.7. The van der Waals surface area contributed by atoms with Gasteiger partial charge in [0.25, 0.3) is 0 Å². The highest BCUT2D eigenvalue weighted by atomic mass is 16.2. The summed E-state index contributed by atoms with van der Waals surface area (Å²) in [6.45, 7) is 6.75. The quantitative estimate of drug-likeness (QED) is 0.392. The zero-order chi connectivity index (χ0) is 22.2. The molecule has 1 atom stereocenters. The Morgan fingerprint density at radius 3 is 2.53 bits per heavy atom. The fourth-order valence-corrected chi connectivity index (χ4v) is 4.54. The van der Waals surface area contributed by atoms with Crippen LogP contribution in [0.4, 0.5) is 10.5 Å². The smallest absolute Gasteiger partial charge is 0.318 e. The molecule has 1 N–H and O–H groups in total. The number of aromatic nitrogens is 1. The Labute approximate surface area is 189 Å². The van der Waals surface area contributed by atoms with Crippen LogP contribution in [0.25, 0.3) is 5.69 Å². The van der Waals surface area contributed by atoms with Gasteiger partial charge in [-0.05, 0) is 73.4 Å². The number of hydrogen-bond donors (Lipinski definition) is 1. The molecule has 2 amide bonds. The number of urea groups is 1. The van der Waals surface area contributed by atoms with Gasteiger partial charge in [0.05, 0.1) is 18.3 Å². The van der Waals surface area contributed by atoms with E-state index in [1.807, 2.05) is 29.2 Å². The molecular formula is C28H27N3O. The summed E-state index contributed by atoms with van der Waals surface area (Å²) in [5.74, 6) is 0. The van der Waals surface area contributed by atoms with Gasteiger partial charge < -0.3 is 14.8 Å². The van der Waals surface area contributed by atoms with Crippen molar-refractivity contribution in [1.82, 2.24) is 9.47 Å². The van der Waals surface area contributed by atoms with Gasteiger partial charge in [-0.1, -0.05) is 54.1 Å². The number of nitrogens with one attached hydrogen (secondary N) is 1. The van der Waals surface area contributed by atoms with Gasteiger partial charge in [0.15, 0.2) is 0 Å². The van der Waals surface area contributed by atoms with Crippen LogP contribution in [0.2, 0.25) is 0 Å². The first-order chi connectivity index (χ1) is 15.5. The summed E-state index contributed by atoms with van der Waals surface area (Å²) in [5, 5.41) is 3.15. The van der Waals surface area contributed by atoms with Gasteiger partial charge in [-0.2, -0.15) is 0 Å². The van der Waals surface area contributed by atoms with Crippen molar-refractivity contribution in [3.63, 3.8) is 0 Å². The number of aryl methyl sites for hydroxylation is 3. The van der Waals surface area contributed by atoms with Gasteiger partial charge >= 0.3 is 6.03 Å². The Bertz CT molecular complexity index is 1300. The van der Waals surface area contributed by atoms with Gasteiger partial charge in [0.2, 0.25) is 0 Å². The topological polar surface area (TPSA) is 37.3 Å². The number of rotatable bonds is 2. The Morgan fingerprint density at radius 1 is 0.875 bits per heavy atom. The minimum Gasteiger partial charge on any atom is -0.318 e. The molecule has 2 heterocycles. The Balaban J connectivity index is 1.63. The molecule has 1 aromatic heterocycles. The SMILES string of the molecule is Cc1cccc([C@@H]2c3cccn3-c3ccccc3CN2C(=O)Nc2ccc(C)c(C)c2)c1. The van der Waals surface area contributed by atoms with Crippen molar-refractivity contribution < 1.29 is 4.79 Å². The van der Waals surface area contributed by atoms with Crippen molar-refractivity contribution in [3.8, 4) is 5.69 Å². The molecule has 0 fully saturated rings. The van der Waals surface area contributed by atoms with Crippen molar-refractivity contribution in [2.75, 3.05) is 5.32 Å². The third-order valence-electron chi connectivity index (χ3n) is 6.34. The Morgan fingerprint density at radius 2 is 1.72 bits per heavy atom. The first kappa shape index (κ1) is 20.1. The zero-order valence-electron chi connectivity index (χ0n) is 18.7. The number of para-hydroxylation sites is 1. The molecule has 0 bridgehead atoms. The second-order valence-electron chi connectivity index (χ2n) is 8.61. The van der Waals surface area contributed by atoms with E-state index in [4.69, 9.17) is 0 Å². The van der Waals surface area contributed by atoms with Gasteiger partial charge in [0.1, 0.15) is 0 Å². The first-order valence-corrected chi connectivity index (χ1v) is 11.0. The van der Waals surface area contributed by atoms with Crippen molar-refractivity contribution in [1.29, 1.82) is 0 Å². The second-order valence-corrected chi connectivity index (χ2v) is 8.61. The van der Waals surface area contributed by atoms with Crippen LogP contribution in [0.1, 0.15) is 39.6 Å². The van der Waals surface area contributed by atoms with Gasteiger partial charge in [-0.3, -0.25) is 0 Å². The van der Waals surface area contributed by atoms with Crippen LogP contribution in [-0.2, 0) is 6.54 Å². The fraction of sp³-hybridized carbons (Fsp3) is 0.179. The van der Waals surface area contributed by atoms with Crippen LogP contribution >= 0.6 is 0 Å². The maximum atomic E-state index is 13.7. The minimum absolute atomic E-state index is 0.107. The molecule has 1 aliphatic heterocycles. The van der Waals surface area contributed by atoms with Crippen molar-refractivity contribution in [2.24, 2.45) is 0 Å². The first-order valence-electron chi connectivity index (χ1n) is 11.0. The number of carbonyl (C=O) groups is 1. The molecule has 4 nitrogen and oxygen atoms in total. The molecule has 3 aromatic carbocycles. The third-order valence-corrected chi connectivity index (χ3v) is 6.34. The fourth-order valence-electron chi connectivity index (χ4n) is 4.54. The highest BCUT2D eigenvalue weighted by Crippen LogP contribution is 2.37. The minimum atomic E-state index is -0.205. The highest BCUT2D eigenvalue weighted by Gasteiger charge is 2.33. The second kappa shape index (κ2) is 8.04. The molecule has 0 saturated carbocycles. The highest BCUT2D eigenvalue weighted by molar-refractivity contribution is 5.90. The maximum absolute atomic E-state index is 13.7. The lowest BCUT2D eigenvalue weighted by Gasteiger charge is -2.31. The normalized spacial score (nSPS) is 15.0. The van der Waals surface area contributed by atoms with E-state index in [0.717, 1.165) is 33.8 Å². The molecule has 160 valence electrons. The van der Waals surface area contributed by atoms with E-state index in [-0.39, 0.29) is 12.1 Å². The summed E-state index contributed by atoms with van der Waals surface area (Å²) in [4.78, 5) is 15.7. The number of amides is 2. The lowest BCUT2D eigenvalue weighted by Crippen LogP contribution is -2.38. The number of carbonyl (C=O) groups excluding carboxylic acids is 1. The summed E-state index contributed by atoms with van der Waals surface area (Å²) in [7, 11) is 0. The number of hydrogen-bond acceptors (Lipinski definition) is 1. The van der Waals surface area contributed by atoms with Crippen molar-refractivity contribution in [3.05, 3.63) is 119 Å². The van der Waals surface area contributed by atoms with Crippen LogP contribution in [0.15, 0.2) is 85.1 Å². The van der Waals surface area contributed by atoms with E-state index >= 15 is 0 Å². The lowest BCUT2D eigenvalue weighted by molar-refractivity contribution is 0.194. The predicted octanol–water partition coefficient (Wildman–Crippen LogP) is 6.54. The molecule has 1 aliphatic rings. The van der Waals surface area contributed by atoms with Crippen LogP contribution in [-0.4, -0.2) is 15.5 Å². The molecule has 0 spiro atoms. The molecule has 0 aliphatic carbocycles. The van der Waals surface area contributed by atoms with Gasteiger partial charge in [0, 0.05) is 17.6 Å². The van der Waals surface area contributed by atoms with E-state index in [0.29, 0.717) is 6.54 Å². The summed E-state index contributed by atoms with van der Waals surface area (Å²) >= 11 is 0. The van der Waals surface area contributed by atoms with Crippen molar-refractivity contribution >= 4 is 11.7 Å². The van der Waals surface area contributed by atoms with Crippen molar-refractivity contribution in [2.45, 2.75) is 33.4 Å². The summed E-state index contributed by atoms with van der Waals surface area (Å²) < 4.78 is 2.21. The molecule has 32 heavy (non-hydrogen) atoms. The monoisotopic (exact) mass is 421 g/mol. The van der Waals surface area contributed by atoms with Gasteiger partial charge in [-0.25, -0.2) is 4.79 Å². The Hall–Kier alpha value is -3.79. The predicted molar refractivity (Wildman–Crippen MR) is 129 cm³/mol. The van der Waals surface area contributed by atoms with E-state index < -0.39 is 0 Å². The number of fused-ring (bicyclic) bond motifs is 3. The summed E-state index contributed by atoms with van der Waals surface area (Å²) in [6.07, 6.45) is 2.09. The number of benzene rings is 3. The molecule has 4 heteroatoms. The van der Waals surface area contributed by atoms with E-state index in [2.05, 4.69) is 91.4 Å². The van der Waals surface area contributed by atoms with E-state index in [1.165, 1.54) is 11.1 Å². The van der Waals surface area contributed by atoms with E-state index in [9.17, 15) is 4.79 Å². The van der Waals surface area contributed by atoms with Crippen LogP contribution in [0.5, 0.6) is 0 Å². The standard InChI is InChI=1S/C28H27N3O/c1-19-8-6-10-22(16-19)27-26-12-7-15-30(26)25-11-5-4-9-23(25)18-31(27)28(32)29-24-14-13-20(2)21(3)17-24/h4-17,27H,18H2,1-3H3,(H,29,32)/t27-/m1/s1. The molecular weight excluding hydrogens is 394 g/mol.